The first-order valence-corrected chi connectivity index (χ1v) is 11.4. The van der Waals surface area contributed by atoms with Gasteiger partial charge < -0.3 is 14.6 Å². The zero-order valence-electron chi connectivity index (χ0n) is 16.1. The molecule has 0 aliphatic carbocycles. The van der Waals surface area contributed by atoms with Crippen molar-refractivity contribution in [2.45, 2.75) is 23.9 Å². The van der Waals surface area contributed by atoms with E-state index in [-0.39, 0.29) is 27.9 Å². The van der Waals surface area contributed by atoms with Gasteiger partial charge in [-0.05, 0) is 42.9 Å². The number of benzene rings is 1. The molecule has 0 spiro atoms. The summed E-state index contributed by atoms with van der Waals surface area (Å²) in [6, 6.07) is 4.31. The predicted molar refractivity (Wildman–Crippen MR) is 108 cm³/mol. The van der Waals surface area contributed by atoms with Crippen LogP contribution in [0, 0.1) is 17.7 Å². The quantitative estimate of drug-likeness (QED) is 0.770. The van der Waals surface area contributed by atoms with E-state index < -0.39 is 15.8 Å². The van der Waals surface area contributed by atoms with E-state index in [0.29, 0.717) is 25.4 Å². The third-order valence-corrected chi connectivity index (χ3v) is 7.70. The van der Waals surface area contributed by atoms with Crippen LogP contribution in [0.1, 0.15) is 12.8 Å². The highest BCUT2D eigenvalue weighted by Gasteiger charge is 2.43. The van der Waals surface area contributed by atoms with Crippen molar-refractivity contribution in [3.8, 4) is 0 Å². The molecule has 3 atom stereocenters. The van der Waals surface area contributed by atoms with Gasteiger partial charge in [0.2, 0.25) is 0 Å². The molecule has 0 amide bonds. The summed E-state index contributed by atoms with van der Waals surface area (Å²) >= 11 is 5.92. The highest BCUT2D eigenvalue weighted by atomic mass is 35.5. The first-order chi connectivity index (χ1) is 13.8. The van der Waals surface area contributed by atoms with Gasteiger partial charge >= 0.3 is 0 Å². The summed E-state index contributed by atoms with van der Waals surface area (Å²) in [5, 5.41) is 3.45. The van der Waals surface area contributed by atoms with Crippen LogP contribution in [0.15, 0.2) is 35.7 Å². The minimum absolute atomic E-state index is 0.0310. The number of anilines is 1. The molecule has 0 saturated carbocycles. The van der Waals surface area contributed by atoms with Crippen LogP contribution in [0.2, 0.25) is 5.02 Å². The number of aryl methyl sites for hydroxylation is 1. The molecule has 1 aromatic carbocycles. The molecule has 2 aromatic rings. The molecule has 2 unspecified atom stereocenters. The number of nitrogens with one attached hydrogen (secondary N) is 1. The van der Waals surface area contributed by atoms with Crippen molar-refractivity contribution < 1.29 is 17.5 Å². The van der Waals surface area contributed by atoms with E-state index in [2.05, 4.69) is 10.3 Å². The topological polar surface area (TPSA) is 76.5 Å². The number of halogens is 2. The van der Waals surface area contributed by atoms with Gasteiger partial charge in [0.15, 0.2) is 5.03 Å². The second-order valence-corrected chi connectivity index (χ2v) is 10.0. The minimum Gasteiger partial charge on any atom is -0.381 e. The van der Waals surface area contributed by atoms with E-state index >= 15 is 0 Å². The van der Waals surface area contributed by atoms with Crippen LogP contribution in [-0.4, -0.2) is 54.6 Å². The maximum Gasteiger partial charge on any atom is 0.262 e. The molecular weight excluding hydrogens is 419 g/mol. The SMILES string of the molecule is Cn1cnc(S(=O)(=O)N2CC(Nc3ccc(F)c(Cl)c3)C([C@@H]3CCCOC3)C2)c1. The summed E-state index contributed by atoms with van der Waals surface area (Å²) < 4.78 is 48.5. The molecular formula is C19H24ClFN4O3S. The average Bonchev–Trinajstić information content (AvgIpc) is 3.33. The van der Waals surface area contributed by atoms with Gasteiger partial charge in [-0.3, -0.25) is 0 Å². The Morgan fingerprint density at radius 1 is 1.34 bits per heavy atom. The van der Waals surface area contributed by atoms with Crippen molar-refractivity contribution >= 4 is 27.3 Å². The molecule has 2 saturated heterocycles. The third-order valence-electron chi connectivity index (χ3n) is 5.69. The van der Waals surface area contributed by atoms with Crippen molar-refractivity contribution in [3.63, 3.8) is 0 Å². The molecule has 29 heavy (non-hydrogen) atoms. The van der Waals surface area contributed by atoms with Crippen molar-refractivity contribution in [2.24, 2.45) is 18.9 Å². The smallest absolute Gasteiger partial charge is 0.262 e. The molecule has 0 bridgehead atoms. The number of hydrogen-bond donors (Lipinski definition) is 1. The average molecular weight is 443 g/mol. The molecule has 2 aliphatic heterocycles. The van der Waals surface area contributed by atoms with E-state index in [0.717, 1.165) is 19.4 Å². The molecule has 1 N–H and O–H groups in total. The number of aromatic nitrogens is 2. The fourth-order valence-electron chi connectivity index (χ4n) is 4.18. The lowest BCUT2D eigenvalue weighted by molar-refractivity contribution is 0.0317. The van der Waals surface area contributed by atoms with Crippen molar-refractivity contribution in [1.82, 2.24) is 13.9 Å². The molecule has 2 aliphatic rings. The van der Waals surface area contributed by atoms with Crippen molar-refractivity contribution in [3.05, 3.63) is 41.6 Å². The normalized spacial score (nSPS) is 26.0. The van der Waals surface area contributed by atoms with Crippen LogP contribution in [0.25, 0.3) is 0 Å². The fraction of sp³-hybridized carbons (Fsp3) is 0.526. The fourth-order valence-corrected chi connectivity index (χ4v) is 5.83. The van der Waals surface area contributed by atoms with Crippen molar-refractivity contribution in [2.75, 3.05) is 31.6 Å². The van der Waals surface area contributed by atoms with Gasteiger partial charge in [0.05, 0.1) is 11.3 Å². The Morgan fingerprint density at radius 2 is 2.17 bits per heavy atom. The van der Waals surface area contributed by atoms with Crippen LogP contribution in [0.4, 0.5) is 10.1 Å². The molecule has 4 rings (SSSR count). The number of imidazole rings is 1. The predicted octanol–water partition coefficient (Wildman–Crippen LogP) is 2.74. The third kappa shape index (κ3) is 4.28. The Labute approximate surface area is 174 Å². The summed E-state index contributed by atoms with van der Waals surface area (Å²) in [4.78, 5) is 4.03. The van der Waals surface area contributed by atoms with E-state index in [9.17, 15) is 12.8 Å². The van der Waals surface area contributed by atoms with E-state index in [1.54, 1.807) is 17.7 Å². The van der Waals surface area contributed by atoms with Crippen LogP contribution in [0.5, 0.6) is 0 Å². The Bertz CT molecular complexity index is 978. The Morgan fingerprint density at radius 3 is 2.83 bits per heavy atom. The van der Waals surface area contributed by atoms with Crippen molar-refractivity contribution in [1.29, 1.82) is 0 Å². The highest BCUT2D eigenvalue weighted by molar-refractivity contribution is 7.89. The Kier molecular flexibility index (Phi) is 5.83. The first kappa shape index (κ1) is 20.6. The number of ether oxygens (including phenoxy) is 1. The monoisotopic (exact) mass is 442 g/mol. The summed E-state index contributed by atoms with van der Waals surface area (Å²) in [6.07, 6.45) is 4.94. The van der Waals surface area contributed by atoms with Crippen LogP contribution >= 0.6 is 11.6 Å². The van der Waals surface area contributed by atoms with Crippen LogP contribution in [-0.2, 0) is 21.8 Å². The molecule has 158 valence electrons. The first-order valence-electron chi connectivity index (χ1n) is 9.62. The van der Waals surface area contributed by atoms with Gasteiger partial charge in [0.25, 0.3) is 10.0 Å². The molecule has 2 fully saturated rings. The van der Waals surface area contributed by atoms with E-state index in [4.69, 9.17) is 16.3 Å². The van der Waals surface area contributed by atoms with E-state index in [1.165, 1.54) is 29.0 Å². The lowest BCUT2D eigenvalue weighted by Gasteiger charge is -2.31. The van der Waals surface area contributed by atoms with Crippen LogP contribution in [0.3, 0.4) is 0 Å². The second kappa shape index (κ2) is 8.22. The number of nitrogens with zero attached hydrogens (tertiary/aromatic N) is 3. The zero-order chi connectivity index (χ0) is 20.6. The van der Waals surface area contributed by atoms with Gasteiger partial charge in [0.1, 0.15) is 5.82 Å². The number of hydrogen-bond acceptors (Lipinski definition) is 5. The molecule has 1 aromatic heterocycles. The van der Waals surface area contributed by atoms with Gasteiger partial charge in [-0.25, -0.2) is 17.8 Å². The second-order valence-electron chi connectivity index (χ2n) is 7.72. The molecule has 7 nitrogen and oxygen atoms in total. The minimum atomic E-state index is -3.70. The largest absolute Gasteiger partial charge is 0.381 e. The maximum atomic E-state index is 13.5. The van der Waals surface area contributed by atoms with Gasteiger partial charge in [0, 0.05) is 51.3 Å². The standard InChI is InChI=1S/C19H24ClFN4O3S/c1-24-10-19(22-12-24)29(26,27)25-8-15(13-3-2-6-28-11-13)18(9-25)23-14-4-5-17(21)16(20)7-14/h4-5,7,10,12-13,15,18,23H,2-3,6,8-9,11H2,1H3/t13-,15?,18?/m1/s1. The highest BCUT2D eigenvalue weighted by Crippen LogP contribution is 2.35. The lowest BCUT2D eigenvalue weighted by Crippen LogP contribution is -2.36. The summed E-state index contributed by atoms with van der Waals surface area (Å²) in [7, 11) is -1.96. The zero-order valence-corrected chi connectivity index (χ0v) is 17.7. The molecule has 3 heterocycles. The Balaban J connectivity index is 1.59. The van der Waals surface area contributed by atoms with Gasteiger partial charge in [-0.15, -0.1) is 0 Å². The summed E-state index contributed by atoms with van der Waals surface area (Å²) in [5.41, 5.74) is 0.667. The number of rotatable bonds is 5. The van der Waals surface area contributed by atoms with Crippen LogP contribution < -0.4 is 5.32 Å². The Hall–Kier alpha value is -1.68. The molecule has 10 heteroatoms. The summed E-state index contributed by atoms with van der Waals surface area (Å²) in [5.74, 6) is -0.168. The lowest BCUT2D eigenvalue weighted by atomic mass is 9.84. The van der Waals surface area contributed by atoms with Gasteiger partial charge in [-0.2, -0.15) is 4.31 Å². The van der Waals surface area contributed by atoms with E-state index in [1.807, 2.05) is 0 Å². The van der Waals surface area contributed by atoms with Gasteiger partial charge in [-0.1, -0.05) is 11.6 Å². The summed E-state index contributed by atoms with van der Waals surface area (Å²) in [6.45, 7) is 2.05. The maximum absolute atomic E-state index is 13.5. The molecule has 0 radical (unpaired) electrons. The number of sulfonamides is 1.